The number of halogens is 4. The lowest BCUT2D eigenvalue weighted by molar-refractivity contribution is -0.141. The van der Waals surface area contributed by atoms with Crippen molar-refractivity contribution in [2.24, 2.45) is 5.10 Å². The van der Waals surface area contributed by atoms with Gasteiger partial charge in [0.1, 0.15) is 6.54 Å². The molecule has 1 aliphatic rings. The largest absolute Gasteiger partial charge is 0.406 e. The third-order valence-electron chi connectivity index (χ3n) is 4.24. The number of piperazine rings is 1. The Kier molecular flexibility index (Phi) is 7.64. The molecule has 1 saturated heterocycles. The zero-order valence-electron chi connectivity index (χ0n) is 15.2. The zero-order chi connectivity index (χ0) is 20.7. The Morgan fingerprint density at radius 3 is 2.54 bits per heavy atom. The molecule has 1 aromatic rings. The highest BCUT2D eigenvalue weighted by molar-refractivity contribution is 6.30. The predicted octanol–water partition coefficient (Wildman–Crippen LogP) is 1.73. The molecule has 0 saturated carbocycles. The SMILES string of the molecule is C/C(Cl)=C(\C=N/NC=O)N1CCN(Cc2cccc(=O)n2CC(F)(F)F)CC1. The Labute approximate surface area is 165 Å². The first-order chi connectivity index (χ1) is 13.2. The molecule has 0 radical (unpaired) electrons. The Balaban J connectivity index is 2.05. The Bertz CT molecular complexity index is 795. The van der Waals surface area contributed by atoms with Gasteiger partial charge < -0.3 is 9.47 Å². The van der Waals surface area contributed by atoms with Gasteiger partial charge in [-0.05, 0) is 13.0 Å². The Hall–Kier alpha value is -2.33. The van der Waals surface area contributed by atoms with Crippen LogP contribution in [-0.2, 0) is 17.9 Å². The molecule has 1 fully saturated rings. The van der Waals surface area contributed by atoms with E-state index in [1.54, 1.807) is 6.92 Å². The molecule has 1 amide bonds. The van der Waals surface area contributed by atoms with Crippen molar-refractivity contribution in [3.05, 3.63) is 45.0 Å². The van der Waals surface area contributed by atoms with Gasteiger partial charge in [0, 0.05) is 49.5 Å². The molecular formula is C17H21ClF3N5O2. The fourth-order valence-corrected chi connectivity index (χ4v) is 3.12. The molecule has 1 aliphatic heterocycles. The van der Waals surface area contributed by atoms with Gasteiger partial charge in [0.15, 0.2) is 0 Å². The normalized spacial score (nSPS) is 17.0. The van der Waals surface area contributed by atoms with Crippen LogP contribution in [0.3, 0.4) is 0 Å². The van der Waals surface area contributed by atoms with Crippen LogP contribution in [0.1, 0.15) is 12.6 Å². The van der Waals surface area contributed by atoms with Crippen LogP contribution in [0.4, 0.5) is 13.2 Å². The van der Waals surface area contributed by atoms with E-state index >= 15 is 0 Å². The van der Waals surface area contributed by atoms with Crippen molar-refractivity contribution in [3.8, 4) is 0 Å². The van der Waals surface area contributed by atoms with Gasteiger partial charge in [-0.2, -0.15) is 18.3 Å². The number of amides is 1. The summed E-state index contributed by atoms with van der Waals surface area (Å²) in [6, 6.07) is 4.13. The van der Waals surface area contributed by atoms with Gasteiger partial charge in [-0.25, -0.2) is 5.43 Å². The molecule has 0 aromatic carbocycles. The standard InChI is InChI=1S/C17H21ClF3N5O2/c1-13(18)15(9-22-23-12-27)25-7-5-24(6-8-25)10-14-3-2-4-16(28)26(14)11-17(19,20)21/h2-4,9,12H,5-8,10-11H2,1H3,(H,23,27)/b15-13-,22-9-. The summed E-state index contributed by atoms with van der Waals surface area (Å²) in [6.07, 6.45) is -2.58. The smallest absolute Gasteiger partial charge is 0.367 e. The summed E-state index contributed by atoms with van der Waals surface area (Å²) in [7, 11) is 0. The first-order valence-electron chi connectivity index (χ1n) is 8.52. The molecule has 1 N–H and O–H groups in total. The fourth-order valence-electron chi connectivity index (χ4n) is 2.95. The minimum atomic E-state index is -4.47. The van der Waals surface area contributed by atoms with Crippen LogP contribution < -0.4 is 11.0 Å². The second-order valence-corrected chi connectivity index (χ2v) is 6.81. The number of nitrogens with zero attached hydrogens (tertiary/aromatic N) is 4. The lowest BCUT2D eigenvalue weighted by Crippen LogP contribution is -2.46. The van der Waals surface area contributed by atoms with Gasteiger partial charge in [0.2, 0.25) is 6.41 Å². The van der Waals surface area contributed by atoms with Crippen LogP contribution >= 0.6 is 11.6 Å². The summed E-state index contributed by atoms with van der Waals surface area (Å²) >= 11 is 6.09. The fraction of sp³-hybridized carbons (Fsp3) is 0.471. The van der Waals surface area contributed by atoms with Crippen LogP contribution in [0.5, 0.6) is 0 Å². The lowest BCUT2D eigenvalue weighted by Gasteiger charge is -2.36. The monoisotopic (exact) mass is 419 g/mol. The molecule has 11 heteroatoms. The molecule has 0 aliphatic carbocycles. The Morgan fingerprint density at radius 1 is 1.29 bits per heavy atom. The first-order valence-corrected chi connectivity index (χ1v) is 8.90. The predicted molar refractivity (Wildman–Crippen MR) is 99.9 cm³/mol. The molecular weight excluding hydrogens is 399 g/mol. The van der Waals surface area contributed by atoms with Gasteiger partial charge in [0.05, 0.1) is 11.9 Å². The molecule has 2 heterocycles. The second-order valence-electron chi connectivity index (χ2n) is 6.24. The third kappa shape index (κ3) is 6.38. The molecule has 2 rings (SSSR count). The summed E-state index contributed by atoms with van der Waals surface area (Å²) in [4.78, 5) is 26.1. The number of rotatable bonds is 7. The van der Waals surface area contributed by atoms with Crippen molar-refractivity contribution in [2.75, 3.05) is 26.2 Å². The number of hydrogen-bond acceptors (Lipinski definition) is 5. The molecule has 0 atom stereocenters. The van der Waals surface area contributed by atoms with E-state index in [2.05, 4.69) is 10.5 Å². The summed E-state index contributed by atoms with van der Waals surface area (Å²) < 4.78 is 39.1. The van der Waals surface area contributed by atoms with E-state index in [1.165, 1.54) is 18.3 Å². The van der Waals surface area contributed by atoms with Crippen molar-refractivity contribution < 1.29 is 18.0 Å². The second kappa shape index (κ2) is 9.74. The maximum absolute atomic E-state index is 12.8. The molecule has 1 aromatic heterocycles. The van der Waals surface area contributed by atoms with Gasteiger partial charge >= 0.3 is 6.18 Å². The molecule has 0 spiro atoms. The minimum absolute atomic E-state index is 0.236. The highest BCUT2D eigenvalue weighted by Gasteiger charge is 2.30. The summed E-state index contributed by atoms with van der Waals surface area (Å²) in [5, 5.41) is 4.25. The van der Waals surface area contributed by atoms with Crippen molar-refractivity contribution in [1.82, 2.24) is 19.8 Å². The van der Waals surface area contributed by atoms with Gasteiger partial charge in [-0.3, -0.25) is 14.5 Å². The lowest BCUT2D eigenvalue weighted by atomic mass is 10.2. The van der Waals surface area contributed by atoms with Gasteiger partial charge in [0.25, 0.3) is 5.56 Å². The molecule has 0 bridgehead atoms. The third-order valence-corrected chi connectivity index (χ3v) is 4.44. The van der Waals surface area contributed by atoms with E-state index in [9.17, 15) is 22.8 Å². The van der Waals surface area contributed by atoms with Crippen LogP contribution in [0, 0.1) is 0 Å². The summed E-state index contributed by atoms with van der Waals surface area (Å²) in [6.45, 7) is 2.91. The topological polar surface area (TPSA) is 69.9 Å². The van der Waals surface area contributed by atoms with Crippen molar-refractivity contribution in [3.63, 3.8) is 0 Å². The number of pyridine rings is 1. The Morgan fingerprint density at radius 2 is 1.96 bits per heavy atom. The van der Waals surface area contributed by atoms with Crippen LogP contribution in [0.15, 0.2) is 38.8 Å². The highest BCUT2D eigenvalue weighted by atomic mass is 35.5. The molecule has 7 nitrogen and oxygen atoms in total. The number of allylic oxidation sites excluding steroid dienone is 2. The van der Waals surface area contributed by atoms with E-state index in [0.717, 1.165) is 10.6 Å². The van der Waals surface area contributed by atoms with E-state index in [0.29, 0.717) is 49.0 Å². The van der Waals surface area contributed by atoms with Crippen LogP contribution in [-0.4, -0.2) is 59.3 Å². The van der Waals surface area contributed by atoms with Crippen LogP contribution in [0.25, 0.3) is 0 Å². The highest BCUT2D eigenvalue weighted by Crippen LogP contribution is 2.19. The van der Waals surface area contributed by atoms with Gasteiger partial charge in [-0.1, -0.05) is 17.7 Å². The number of alkyl halides is 3. The summed E-state index contributed by atoms with van der Waals surface area (Å²) in [5.41, 5.74) is 2.48. The van der Waals surface area contributed by atoms with E-state index in [1.807, 2.05) is 9.80 Å². The number of aromatic nitrogens is 1. The van der Waals surface area contributed by atoms with Gasteiger partial charge in [-0.15, -0.1) is 0 Å². The maximum atomic E-state index is 12.8. The van der Waals surface area contributed by atoms with E-state index in [-0.39, 0.29) is 6.54 Å². The summed E-state index contributed by atoms with van der Waals surface area (Å²) in [5.74, 6) is 0. The average molecular weight is 420 g/mol. The number of hydrazone groups is 1. The van der Waals surface area contributed by atoms with Crippen LogP contribution in [0.2, 0.25) is 0 Å². The average Bonchev–Trinajstić information content (AvgIpc) is 2.61. The van der Waals surface area contributed by atoms with Crippen molar-refractivity contribution in [2.45, 2.75) is 26.2 Å². The van der Waals surface area contributed by atoms with Crippen molar-refractivity contribution >= 4 is 24.2 Å². The number of carbonyl (C=O) groups is 1. The number of hydrogen-bond donors (Lipinski definition) is 1. The van der Waals surface area contributed by atoms with E-state index in [4.69, 9.17) is 11.6 Å². The van der Waals surface area contributed by atoms with Crippen molar-refractivity contribution in [1.29, 1.82) is 0 Å². The number of carbonyl (C=O) groups excluding carboxylic acids is 1. The zero-order valence-corrected chi connectivity index (χ0v) is 16.0. The number of nitrogens with one attached hydrogen (secondary N) is 1. The quantitative estimate of drug-likeness (QED) is 0.415. The molecule has 154 valence electrons. The van der Waals surface area contributed by atoms with E-state index < -0.39 is 18.3 Å². The minimum Gasteiger partial charge on any atom is -0.367 e. The maximum Gasteiger partial charge on any atom is 0.406 e. The molecule has 0 unspecified atom stereocenters. The molecule has 28 heavy (non-hydrogen) atoms. The first kappa shape index (κ1) is 22.0.